The van der Waals surface area contributed by atoms with Crippen molar-refractivity contribution < 1.29 is 13.2 Å². The van der Waals surface area contributed by atoms with E-state index in [-0.39, 0.29) is 10.7 Å². The van der Waals surface area contributed by atoms with Crippen LogP contribution in [0.2, 0.25) is 0 Å². The molecule has 0 amide bonds. The fourth-order valence-electron chi connectivity index (χ4n) is 2.06. The summed E-state index contributed by atoms with van der Waals surface area (Å²) in [5.41, 5.74) is 1.16. The van der Waals surface area contributed by atoms with Gasteiger partial charge in [0.15, 0.2) is 0 Å². The van der Waals surface area contributed by atoms with Crippen LogP contribution in [0.5, 0.6) is 0 Å². The summed E-state index contributed by atoms with van der Waals surface area (Å²) in [4.78, 5) is 2.27. The van der Waals surface area contributed by atoms with Crippen molar-refractivity contribution in [2.45, 2.75) is 6.04 Å². The van der Waals surface area contributed by atoms with Crippen molar-refractivity contribution in [2.24, 2.45) is 0 Å². The van der Waals surface area contributed by atoms with Gasteiger partial charge in [0, 0.05) is 25.7 Å². The average molecular weight is 369 g/mol. The Labute approximate surface area is 126 Å². The smallest absolute Gasteiger partial charge is 0.221 e. The zero-order valence-corrected chi connectivity index (χ0v) is 13.6. The molecule has 1 N–H and O–H groups in total. The second-order valence-electron chi connectivity index (χ2n) is 4.29. The summed E-state index contributed by atoms with van der Waals surface area (Å²) in [6.45, 7) is 3.45. The molecule has 1 aliphatic heterocycles. The molecule has 8 heteroatoms. The Hall–Kier alpha value is 0.01000. The molecule has 2 heterocycles. The van der Waals surface area contributed by atoms with Gasteiger partial charge in [-0.15, -0.1) is 0 Å². The van der Waals surface area contributed by atoms with Gasteiger partial charge in [0.05, 0.1) is 13.2 Å². The van der Waals surface area contributed by atoms with Crippen molar-refractivity contribution >= 4 is 37.3 Å². The first-order valence-electron chi connectivity index (χ1n) is 5.99. The number of morpholine rings is 1. The predicted molar refractivity (Wildman–Crippen MR) is 80.2 cm³/mol. The lowest BCUT2D eigenvalue weighted by atomic mass is 10.1. The molecule has 0 spiro atoms. The molecule has 1 saturated heterocycles. The second kappa shape index (κ2) is 7.14. The van der Waals surface area contributed by atoms with Gasteiger partial charge in [-0.25, -0.2) is 13.1 Å². The Balaban J connectivity index is 2.06. The van der Waals surface area contributed by atoms with E-state index in [0.29, 0.717) is 19.8 Å². The molecule has 1 unspecified atom stereocenters. The topological polar surface area (TPSA) is 58.6 Å². The van der Waals surface area contributed by atoms with E-state index in [4.69, 9.17) is 4.74 Å². The van der Waals surface area contributed by atoms with Crippen molar-refractivity contribution in [3.05, 3.63) is 22.4 Å². The highest BCUT2D eigenvalue weighted by Gasteiger charge is 2.24. The summed E-state index contributed by atoms with van der Waals surface area (Å²) in [6, 6.07) is 2.12. The van der Waals surface area contributed by atoms with Gasteiger partial charge in [0.25, 0.3) is 0 Å². The number of rotatable bonds is 6. The Morgan fingerprint density at radius 3 is 2.79 bits per heavy atom. The quantitative estimate of drug-likeness (QED) is 0.770. The van der Waals surface area contributed by atoms with Gasteiger partial charge in [-0.2, -0.15) is 11.3 Å². The van der Waals surface area contributed by atoms with Gasteiger partial charge >= 0.3 is 0 Å². The van der Waals surface area contributed by atoms with Crippen molar-refractivity contribution in [2.75, 3.05) is 37.5 Å². The number of thiophene rings is 1. The third kappa shape index (κ3) is 4.51. The molecule has 0 aromatic carbocycles. The maximum Gasteiger partial charge on any atom is 0.221 e. The number of hydrogen-bond donors (Lipinski definition) is 1. The van der Waals surface area contributed by atoms with Gasteiger partial charge in [-0.3, -0.25) is 4.90 Å². The normalized spacial score (nSPS) is 19.4. The number of sulfonamides is 1. The summed E-state index contributed by atoms with van der Waals surface area (Å²) in [5, 5.41) is 4.09. The lowest BCUT2D eigenvalue weighted by molar-refractivity contribution is 0.0173. The van der Waals surface area contributed by atoms with Gasteiger partial charge in [-0.05, 0) is 22.4 Å². The van der Waals surface area contributed by atoms with Crippen molar-refractivity contribution in [3.8, 4) is 0 Å². The maximum atomic E-state index is 11.6. The number of nitrogens with one attached hydrogen (secondary N) is 1. The summed E-state index contributed by atoms with van der Waals surface area (Å²) in [6.07, 6.45) is 0. The molecule has 1 fully saturated rings. The Kier molecular flexibility index (Phi) is 5.79. The van der Waals surface area contributed by atoms with Crippen LogP contribution in [-0.2, 0) is 14.8 Å². The summed E-state index contributed by atoms with van der Waals surface area (Å²) in [7, 11) is -3.23. The summed E-state index contributed by atoms with van der Waals surface area (Å²) in [5.74, 6) is 0. The summed E-state index contributed by atoms with van der Waals surface area (Å²) >= 11 is 4.61. The molecule has 0 radical (unpaired) electrons. The van der Waals surface area contributed by atoms with E-state index >= 15 is 0 Å². The van der Waals surface area contributed by atoms with Crippen LogP contribution in [0.15, 0.2) is 16.8 Å². The third-order valence-corrected chi connectivity index (χ3v) is 6.46. The Bertz CT molecular complexity index is 472. The molecule has 1 aromatic rings. The van der Waals surface area contributed by atoms with Crippen molar-refractivity contribution in [3.63, 3.8) is 0 Å². The Morgan fingerprint density at radius 2 is 2.21 bits per heavy atom. The van der Waals surface area contributed by atoms with Crippen LogP contribution in [0.4, 0.5) is 0 Å². The molecule has 5 nitrogen and oxygen atoms in total. The Morgan fingerprint density at radius 1 is 1.47 bits per heavy atom. The zero-order chi connectivity index (χ0) is 13.7. The number of hydrogen-bond acceptors (Lipinski definition) is 5. The van der Waals surface area contributed by atoms with Gasteiger partial charge in [0.2, 0.25) is 10.0 Å². The molecule has 19 heavy (non-hydrogen) atoms. The average Bonchev–Trinajstić information content (AvgIpc) is 2.94. The molecular weight excluding hydrogens is 352 g/mol. The van der Waals surface area contributed by atoms with E-state index in [9.17, 15) is 8.42 Å². The van der Waals surface area contributed by atoms with Crippen LogP contribution in [0.25, 0.3) is 0 Å². The molecule has 1 aromatic heterocycles. The molecule has 0 aliphatic carbocycles. The highest BCUT2D eigenvalue weighted by atomic mass is 79.9. The minimum absolute atomic E-state index is 0.0700. The van der Waals surface area contributed by atoms with Crippen LogP contribution in [-0.4, -0.2) is 50.8 Å². The number of halogens is 1. The second-order valence-corrected chi connectivity index (χ2v) is 8.18. The molecule has 108 valence electrons. The van der Waals surface area contributed by atoms with E-state index in [1.165, 1.54) is 0 Å². The van der Waals surface area contributed by atoms with Crippen LogP contribution >= 0.6 is 27.3 Å². The lowest BCUT2D eigenvalue weighted by Gasteiger charge is -2.34. The van der Waals surface area contributed by atoms with Gasteiger partial charge in [-0.1, -0.05) is 15.9 Å². The molecule has 0 bridgehead atoms. The number of ether oxygens (including phenoxy) is 1. The van der Waals surface area contributed by atoms with Gasteiger partial charge < -0.3 is 4.74 Å². The molecule has 1 aliphatic rings. The first kappa shape index (κ1) is 15.4. The standard InChI is InChI=1S/C11H17BrN2O3S2/c12-9-19(15,16)13-7-11(10-1-6-18-8-10)14-2-4-17-5-3-14/h1,6,8,11,13H,2-5,7,9H2. The minimum atomic E-state index is -3.23. The summed E-state index contributed by atoms with van der Waals surface area (Å²) < 4.78 is 31.0. The zero-order valence-electron chi connectivity index (χ0n) is 10.4. The molecule has 0 saturated carbocycles. The fourth-order valence-corrected chi connectivity index (χ4v) is 3.74. The van der Waals surface area contributed by atoms with E-state index in [1.807, 2.05) is 11.4 Å². The monoisotopic (exact) mass is 368 g/mol. The fraction of sp³-hybridized carbons (Fsp3) is 0.636. The van der Waals surface area contributed by atoms with Crippen LogP contribution in [0, 0.1) is 0 Å². The van der Waals surface area contributed by atoms with Crippen molar-refractivity contribution in [1.82, 2.24) is 9.62 Å². The van der Waals surface area contributed by atoms with Crippen LogP contribution in [0.3, 0.4) is 0 Å². The van der Waals surface area contributed by atoms with Crippen LogP contribution in [0.1, 0.15) is 11.6 Å². The maximum absolute atomic E-state index is 11.6. The first-order valence-corrected chi connectivity index (χ1v) is 9.71. The molecule has 2 rings (SSSR count). The highest BCUT2D eigenvalue weighted by molar-refractivity contribution is 9.10. The SMILES string of the molecule is O=S(=O)(CBr)NCC(c1ccsc1)N1CCOCC1. The number of alkyl halides is 1. The minimum Gasteiger partial charge on any atom is -0.379 e. The number of nitrogens with zero attached hydrogens (tertiary/aromatic N) is 1. The van der Waals surface area contributed by atoms with Crippen LogP contribution < -0.4 is 4.72 Å². The lowest BCUT2D eigenvalue weighted by Crippen LogP contribution is -2.43. The third-order valence-electron chi connectivity index (χ3n) is 3.05. The largest absolute Gasteiger partial charge is 0.379 e. The molecular formula is C11H17BrN2O3S2. The van der Waals surface area contributed by atoms with E-state index in [2.05, 4.69) is 30.9 Å². The first-order chi connectivity index (χ1) is 9.12. The van der Waals surface area contributed by atoms with Gasteiger partial charge in [0.1, 0.15) is 4.66 Å². The van der Waals surface area contributed by atoms with E-state index < -0.39 is 10.0 Å². The van der Waals surface area contributed by atoms with E-state index in [1.54, 1.807) is 11.3 Å². The predicted octanol–water partition coefficient (Wildman–Crippen LogP) is 1.39. The van der Waals surface area contributed by atoms with E-state index in [0.717, 1.165) is 18.7 Å². The highest BCUT2D eigenvalue weighted by Crippen LogP contribution is 2.23. The van der Waals surface area contributed by atoms with Crippen molar-refractivity contribution in [1.29, 1.82) is 0 Å². The molecule has 1 atom stereocenters.